The number of aliphatic imine (C=N–C) groups is 1. The molecule has 5 heterocycles. The second-order valence-corrected chi connectivity index (χ2v) is 7.25. The van der Waals surface area contributed by atoms with E-state index in [1.807, 2.05) is 31.7 Å². The van der Waals surface area contributed by atoms with Crippen molar-refractivity contribution in [2.45, 2.75) is 45.4 Å². The van der Waals surface area contributed by atoms with Crippen molar-refractivity contribution in [2.75, 3.05) is 18.0 Å². The molecule has 0 N–H and O–H groups in total. The van der Waals surface area contributed by atoms with E-state index >= 15 is 0 Å². The standard InChI is InChI=1S/C20H23N7/c1-14-19-25-16(20(26-10-2-3-11-26)27(19)12-9-21-14)6-7-18-23-13-17-15(24-18)5-4-8-22-17/h8-9,12-13H,2-7,10-11H2,1H3. The lowest BCUT2D eigenvalue weighted by Crippen LogP contribution is -2.21. The molecule has 2 aliphatic rings. The van der Waals surface area contributed by atoms with E-state index in [-0.39, 0.29) is 0 Å². The first kappa shape index (κ1) is 16.4. The lowest BCUT2D eigenvalue weighted by atomic mass is 10.1. The normalized spacial score (nSPS) is 16.3. The van der Waals surface area contributed by atoms with Crippen molar-refractivity contribution in [3.05, 3.63) is 41.5 Å². The first-order valence-electron chi connectivity index (χ1n) is 9.74. The molecule has 3 aromatic rings. The van der Waals surface area contributed by atoms with E-state index in [0.29, 0.717) is 0 Å². The van der Waals surface area contributed by atoms with Crippen LogP contribution in [0.3, 0.4) is 0 Å². The Balaban J connectivity index is 1.47. The van der Waals surface area contributed by atoms with Crippen LogP contribution in [0.1, 0.15) is 42.2 Å². The van der Waals surface area contributed by atoms with Gasteiger partial charge in [0.25, 0.3) is 0 Å². The molecule has 0 amide bonds. The van der Waals surface area contributed by atoms with Crippen LogP contribution in [0.4, 0.5) is 11.5 Å². The molecule has 5 rings (SSSR count). The third-order valence-corrected chi connectivity index (χ3v) is 5.39. The zero-order chi connectivity index (χ0) is 18.2. The summed E-state index contributed by atoms with van der Waals surface area (Å²) in [5.41, 5.74) is 5.02. The second kappa shape index (κ2) is 6.72. The fourth-order valence-electron chi connectivity index (χ4n) is 4.03. The third kappa shape index (κ3) is 2.97. The number of nitrogens with zero attached hydrogens (tertiary/aromatic N) is 7. The molecular formula is C20H23N7. The summed E-state index contributed by atoms with van der Waals surface area (Å²) in [4.78, 5) is 25.4. The van der Waals surface area contributed by atoms with Gasteiger partial charge in [0.1, 0.15) is 17.3 Å². The van der Waals surface area contributed by atoms with Crippen LogP contribution in [0.2, 0.25) is 0 Å². The van der Waals surface area contributed by atoms with Crippen molar-refractivity contribution in [1.29, 1.82) is 0 Å². The molecule has 27 heavy (non-hydrogen) atoms. The Kier molecular flexibility index (Phi) is 4.07. The minimum Gasteiger partial charge on any atom is -0.356 e. The highest BCUT2D eigenvalue weighted by atomic mass is 15.3. The average molecular weight is 361 g/mol. The number of aryl methyl sites for hydroxylation is 4. The van der Waals surface area contributed by atoms with Crippen LogP contribution in [0.25, 0.3) is 5.65 Å². The van der Waals surface area contributed by atoms with Crippen molar-refractivity contribution >= 4 is 23.4 Å². The number of rotatable bonds is 4. The van der Waals surface area contributed by atoms with Crippen LogP contribution in [0.15, 0.2) is 23.6 Å². The lowest BCUT2D eigenvalue weighted by Gasteiger charge is -2.18. The van der Waals surface area contributed by atoms with E-state index in [2.05, 4.69) is 24.3 Å². The number of aromatic nitrogens is 5. The molecule has 0 atom stereocenters. The summed E-state index contributed by atoms with van der Waals surface area (Å²) < 4.78 is 2.20. The molecule has 0 spiro atoms. The SMILES string of the molecule is Cc1nccn2c(N3CCCC3)c(CCc3ncc4c(n3)CCC=N4)nc12. The molecule has 7 nitrogen and oxygen atoms in total. The number of imidazole rings is 1. The van der Waals surface area contributed by atoms with Crippen molar-refractivity contribution in [2.24, 2.45) is 4.99 Å². The minimum atomic E-state index is 0.786. The van der Waals surface area contributed by atoms with Crippen LogP contribution < -0.4 is 4.90 Å². The summed E-state index contributed by atoms with van der Waals surface area (Å²) in [6, 6.07) is 0. The molecule has 0 saturated carbocycles. The summed E-state index contributed by atoms with van der Waals surface area (Å²) in [6.07, 6.45) is 13.7. The second-order valence-electron chi connectivity index (χ2n) is 7.25. The predicted octanol–water partition coefficient (Wildman–Crippen LogP) is 2.86. The first-order valence-corrected chi connectivity index (χ1v) is 9.74. The molecule has 2 aliphatic heterocycles. The molecule has 0 aliphatic carbocycles. The Bertz CT molecular complexity index is 1010. The molecule has 1 fully saturated rings. The molecule has 0 radical (unpaired) electrons. The van der Waals surface area contributed by atoms with Crippen molar-refractivity contribution < 1.29 is 0 Å². The third-order valence-electron chi connectivity index (χ3n) is 5.39. The van der Waals surface area contributed by atoms with Gasteiger partial charge < -0.3 is 4.90 Å². The van der Waals surface area contributed by atoms with E-state index in [0.717, 1.165) is 73.0 Å². The fraction of sp³-hybridized carbons (Fsp3) is 0.450. The Morgan fingerprint density at radius 1 is 1.07 bits per heavy atom. The van der Waals surface area contributed by atoms with Crippen LogP contribution >= 0.6 is 0 Å². The van der Waals surface area contributed by atoms with E-state index in [1.54, 1.807) is 0 Å². The van der Waals surface area contributed by atoms with Crippen molar-refractivity contribution in [3.63, 3.8) is 0 Å². The first-order chi connectivity index (χ1) is 13.3. The minimum absolute atomic E-state index is 0.786. The van der Waals surface area contributed by atoms with Gasteiger partial charge in [-0.25, -0.2) is 15.0 Å². The average Bonchev–Trinajstić information content (AvgIpc) is 3.34. The van der Waals surface area contributed by atoms with Crippen LogP contribution in [0.5, 0.6) is 0 Å². The van der Waals surface area contributed by atoms with Crippen molar-refractivity contribution in [1.82, 2.24) is 24.3 Å². The maximum Gasteiger partial charge on any atom is 0.160 e. The summed E-state index contributed by atoms with van der Waals surface area (Å²) in [7, 11) is 0. The molecule has 7 heteroatoms. The van der Waals surface area contributed by atoms with Crippen molar-refractivity contribution in [3.8, 4) is 0 Å². The van der Waals surface area contributed by atoms with Gasteiger partial charge in [-0.1, -0.05) is 0 Å². The molecule has 0 aromatic carbocycles. The highest BCUT2D eigenvalue weighted by Gasteiger charge is 2.22. The van der Waals surface area contributed by atoms with E-state index < -0.39 is 0 Å². The fourth-order valence-corrected chi connectivity index (χ4v) is 4.03. The predicted molar refractivity (Wildman–Crippen MR) is 105 cm³/mol. The summed E-state index contributed by atoms with van der Waals surface area (Å²) in [5.74, 6) is 2.10. The van der Waals surface area contributed by atoms with E-state index in [4.69, 9.17) is 9.97 Å². The quantitative estimate of drug-likeness (QED) is 0.714. The van der Waals surface area contributed by atoms with Gasteiger partial charge in [-0.2, -0.15) is 0 Å². The summed E-state index contributed by atoms with van der Waals surface area (Å²) >= 11 is 0. The van der Waals surface area contributed by atoms with Gasteiger partial charge in [0, 0.05) is 44.5 Å². The molecule has 138 valence electrons. The Morgan fingerprint density at radius 3 is 2.85 bits per heavy atom. The van der Waals surface area contributed by atoms with Gasteiger partial charge in [-0.05, 0) is 32.6 Å². The van der Waals surface area contributed by atoms with Gasteiger partial charge in [0.15, 0.2) is 5.65 Å². The maximum atomic E-state index is 4.94. The van der Waals surface area contributed by atoms with Crippen LogP contribution in [0, 0.1) is 6.92 Å². The van der Waals surface area contributed by atoms with Gasteiger partial charge in [-0.3, -0.25) is 14.4 Å². The lowest BCUT2D eigenvalue weighted by molar-refractivity contribution is 0.804. The largest absolute Gasteiger partial charge is 0.356 e. The number of hydrogen-bond donors (Lipinski definition) is 0. The number of fused-ring (bicyclic) bond motifs is 2. The van der Waals surface area contributed by atoms with E-state index in [9.17, 15) is 0 Å². The number of hydrogen-bond acceptors (Lipinski definition) is 6. The van der Waals surface area contributed by atoms with Gasteiger partial charge >= 0.3 is 0 Å². The highest BCUT2D eigenvalue weighted by Crippen LogP contribution is 2.28. The molecule has 0 unspecified atom stereocenters. The zero-order valence-corrected chi connectivity index (χ0v) is 15.6. The zero-order valence-electron chi connectivity index (χ0n) is 15.6. The Labute approximate surface area is 158 Å². The molecule has 0 bridgehead atoms. The number of anilines is 1. The smallest absolute Gasteiger partial charge is 0.160 e. The summed E-state index contributed by atoms with van der Waals surface area (Å²) in [6.45, 7) is 4.21. The molecule has 3 aromatic heterocycles. The highest BCUT2D eigenvalue weighted by molar-refractivity contribution is 5.67. The molecular weight excluding hydrogens is 338 g/mol. The van der Waals surface area contributed by atoms with Gasteiger partial charge in [0.2, 0.25) is 0 Å². The van der Waals surface area contributed by atoms with Crippen LogP contribution in [-0.4, -0.2) is 43.6 Å². The van der Waals surface area contributed by atoms with Gasteiger partial charge in [-0.15, -0.1) is 0 Å². The summed E-state index contributed by atoms with van der Waals surface area (Å²) in [5, 5.41) is 0. The maximum absolute atomic E-state index is 4.94. The van der Waals surface area contributed by atoms with E-state index in [1.165, 1.54) is 18.7 Å². The van der Waals surface area contributed by atoms with Gasteiger partial charge in [0.05, 0.1) is 23.3 Å². The topological polar surface area (TPSA) is 71.6 Å². The molecule has 1 saturated heterocycles. The Morgan fingerprint density at radius 2 is 1.96 bits per heavy atom. The Hall–Kier alpha value is -2.83. The monoisotopic (exact) mass is 361 g/mol. The van der Waals surface area contributed by atoms with Crippen LogP contribution in [-0.2, 0) is 19.3 Å².